The number of hydrogen-bond acceptors (Lipinski definition) is 3. The monoisotopic (exact) mass is 424 g/mol. The first kappa shape index (κ1) is 24.9. The molecule has 0 fully saturated rings. The van der Waals surface area contributed by atoms with Crippen molar-refractivity contribution in [1.82, 2.24) is 5.43 Å². The standard InChI is InChI=1S/C27H40N2O2/c1-2-3-4-5-6-7-8-9-10-11-12-13-14-19-27(31)29-28-22-25-24-18-16-15-17-23(24)20-21-26(25)30/h15-18,20-22,30H,2-14,19H2,1H3,(H,29,31)/b28-22+. The van der Waals surface area contributed by atoms with Gasteiger partial charge in [0, 0.05) is 12.0 Å². The van der Waals surface area contributed by atoms with Crippen molar-refractivity contribution in [3.05, 3.63) is 42.0 Å². The zero-order valence-electron chi connectivity index (χ0n) is 19.2. The molecule has 170 valence electrons. The maximum absolute atomic E-state index is 12.0. The Hall–Kier alpha value is -2.36. The number of amides is 1. The molecule has 0 unspecified atom stereocenters. The zero-order valence-corrected chi connectivity index (χ0v) is 19.2. The molecule has 4 heteroatoms. The van der Waals surface area contributed by atoms with Crippen molar-refractivity contribution in [2.75, 3.05) is 0 Å². The predicted molar refractivity (Wildman–Crippen MR) is 132 cm³/mol. The van der Waals surface area contributed by atoms with Gasteiger partial charge in [-0.2, -0.15) is 5.10 Å². The third-order valence-electron chi connectivity index (χ3n) is 5.84. The van der Waals surface area contributed by atoms with Crippen molar-refractivity contribution < 1.29 is 9.90 Å². The molecule has 0 atom stereocenters. The Morgan fingerprint density at radius 2 is 1.42 bits per heavy atom. The summed E-state index contributed by atoms with van der Waals surface area (Å²) in [5, 5.41) is 16.1. The molecular formula is C27H40N2O2. The van der Waals surface area contributed by atoms with Crippen molar-refractivity contribution in [1.29, 1.82) is 0 Å². The van der Waals surface area contributed by atoms with E-state index in [0.29, 0.717) is 12.0 Å². The third-order valence-corrected chi connectivity index (χ3v) is 5.84. The smallest absolute Gasteiger partial charge is 0.240 e. The van der Waals surface area contributed by atoms with E-state index >= 15 is 0 Å². The van der Waals surface area contributed by atoms with Gasteiger partial charge in [0.15, 0.2) is 0 Å². The largest absolute Gasteiger partial charge is 0.507 e. The molecule has 2 aromatic carbocycles. The van der Waals surface area contributed by atoms with Crippen LogP contribution in [-0.4, -0.2) is 17.2 Å². The van der Waals surface area contributed by atoms with E-state index < -0.39 is 0 Å². The van der Waals surface area contributed by atoms with Crippen LogP contribution in [0.25, 0.3) is 10.8 Å². The lowest BCUT2D eigenvalue weighted by Crippen LogP contribution is -2.16. The van der Waals surface area contributed by atoms with E-state index in [9.17, 15) is 9.90 Å². The second kappa shape index (κ2) is 15.4. The van der Waals surface area contributed by atoms with Gasteiger partial charge in [0.1, 0.15) is 5.75 Å². The molecule has 0 aliphatic carbocycles. The fourth-order valence-corrected chi connectivity index (χ4v) is 3.95. The number of carbonyl (C=O) groups excluding carboxylic acids is 1. The molecule has 2 rings (SSSR count). The van der Waals surface area contributed by atoms with Gasteiger partial charge in [-0.15, -0.1) is 0 Å². The van der Waals surface area contributed by atoms with E-state index in [4.69, 9.17) is 0 Å². The van der Waals surface area contributed by atoms with E-state index in [-0.39, 0.29) is 11.7 Å². The van der Waals surface area contributed by atoms with Crippen LogP contribution in [0.2, 0.25) is 0 Å². The van der Waals surface area contributed by atoms with Crippen LogP contribution in [0.1, 0.15) is 102 Å². The summed E-state index contributed by atoms with van der Waals surface area (Å²) in [6, 6.07) is 11.3. The van der Waals surface area contributed by atoms with E-state index in [2.05, 4.69) is 17.5 Å². The lowest BCUT2D eigenvalue weighted by molar-refractivity contribution is -0.121. The minimum atomic E-state index is -0.0703. The number of fused-ring (bicyclic) bond motifs is 1. The van der Waals surface area contributed by atoms with E-state index in [1.54, 1.807) is 6.07 Å². The highest BCUT2D eigenvalue weighted by atomic mass is 16.3. The molecule has 0 spiro atoms. The minimum Gasteiger partial charge on any atom is -0.507 e. The number of aromatic hydroxyl groups is 1. The average molecular weight is 425 g/mol. The third kappa shape index (κ3) is 9.99. The van der Waals surface area contributed by atoms with Crippen molar-refractivity contribution in [3.8, 4) is 5.75 Å². The maximum atomic E-state index is 12.0. The first-order valence-corrected chi connectivity index (χ1v) is 12.2. The van der Waals surface area contributed by atoms with Gasteiger partial charge >= 0.3 is 0 Å². The molecule has 0 saturated heterocycles. The van der Waals surface area contributed by atoms with Gasteiger partial charge in [-0.3, -0.25) is 4.79 Å². The number of hydrazone groups is 1. The van der Waals surface area contributed by atoms with Crippen LogP contribution in [-0.2, 0) is 4.79 Å². The molecule has 0 aliphatic rings. The summed E-state index contributed by atoms with van der Waals surface area (Å²) in [4.78, 5) is 12.0. The van der Waals surface area contributed by atoms with Gasteiger partial charge in [-0.1, -0.05) is 114 Å². The van der Waals surface area contributed by atoms with Crippen molar-refractivity contribution in [2.24, 2.45) is 5.10 Å². The quantitative estimate of drug-likeness (QED) is 0.167. The predicted octanol–water partition coefficient (Wildman–Crippen LogP) is 7.48. The highest BCUT2D eigenvalue weighted by molar-refractivity contribution is 6.02. The lowest BCUT2D eigenvalue weighted by Gasteiger charge is -2.05. The highest BCUT2D eigenvalue weighted by Gasteiger charge is 2.05. The molecule has 31 heavy (non-hydrogen) atoms. The number of carbonyl (C=O) groups is 1. The summed E-state index contributed by atoms with van der Waals surface area (Å²) < 4.78 is 0. The number of hydrogen-bond donors (Lipinski definition) is 2. The average Bonchev–Trinajstić information content (AvgIpc) is 2.78. The van der Waals surface area contributed by atoms with Crippen LogP contribution < -0.4 is 5.43 Å². The molecule has 4 nitrogen and oxygen atoms in total. The van der Waals surface area contributed by atoms with Crippen LogP contribution >= 0.6 is 0 Å². The SMILES string of the molecule is CCCCCCCCCCCCCCCC(=O)N/N=C/c1c(O)ccc2ccccc12. The number of phenolic OH excluding ortho intramolecular Hbond substituents is 1. The lowest BCUT2D eigenvalue weighted by atomic mass is 10.0. The van der Waals surface area contributed by atoms with Crippen LogP contribution in [0.5, 0.6) is 5.75 Å². The van der Waals surface area contributed by atoms with Crippen LogP contribution in [0.3, 0.4) is 0 Å². The number of nitrogens with one attached hydrogen (secondary N) is 1. The number of rotatable bonds is 16. The molecule has 0 heterocycles. The molecular weight excluding hydrogens is 384 g/mol. The topological polar surface area (TPSA) is 61.7 Å². The fourth-order valence-electron chi connectivity index (χ4n) is 3.95. The number of unbranched alkanes of at least 4 members (excludes halogenated alkanes) is 12. The second-order valence-electron chi connectivity index (χ2n) is 8.51. The van der Waals surface area contributed by atoms with Crippen molar-refractivity contribution in [3.63, 3.8) is 0 Å². The Morgan fingerprint density at radius 3 is 2.06 bits per heavy atom. The Kier molecular flexibility index (Phi) is 12.4. The summed E-state index contributed by atoms with van der Waals surface area (Å²) in [5.74, 6) is 0.0900. The van der Waals surface area contributed by atoms with Gasteiger partial charge in [-0.25, -0.2) is 5.43 Å². The first-order valence-electron chi connectivity index (χ1n) is 12.2. The van der Waals surface area contributed by atoms with Gasteiger partial charge in [0.05, 0.1) is 6.21 Å². The van der Waals surface area contributed by atoms with E-state index in [1.165, 1.54) is 76.8 Å². The Balaban J connectivity index is 1.51. The molecule has 0 saturated carbocycles. The van der Waals surface area contributed by atoms with Crippen LogP contribution in [0, 0.1) is 0 Å². The van der Waals surface area contributed by atoms with Crippen molar-refractivity contribution >= 4 is 22.9 Å². The number of nitrogens with zero attached hydrogens (tertiary/aromatic N) is 1. The molecule has 0 aromatic heterocycles. The Labute approximate surface area is 188 Å². The minimum absolute atomic E-state index is 0.0703. The second-order valence-corrected chi connectivity index (χ2v) is 8.51. The molecule has 1 amide bonds. The summed E-state index contributed by atoms with van der Waals surface area (Å²) in [5.41, 5.74) is 3.21. The van der Waals surface area contributed by atoms with Crippen molar-refractivity contribution in [2.45, 2.75) is 96.8 Å². The molecule has 0 aliphatic heterocycles. The van der Waals surface area contributed by atoms with Crippen LogP contribution in [0.4, 0.5) is 0 Å². The first-order chi connectivity index (χ1) is 15.2. The highest BCUT2D eigenvalue weighted by Crippen LogP contribution is 2.25. The molecule has 2 aromatic rings. The van der Waals surface area contributed by atoms with E-state index in [0.717, 1.165) is 23.6 Å². The summed E-state index contributed by atoms with van der Waals surface area (Å²) in [7, 11) is 0. The Morgan fingerprint density at radius 1 is 0.839 bits per heavy atom. The number of phenols is 1. The summed E-state index contributed by atoms with van der Waals surface area (Å²) >= 11 is 0. The maximum Gasteiger partial charge on any atom is 0.240 e. The van der Waals surface area contributed by atoms with Crippen LogP contribution in [0.15, 0.2) is 41.5 Å². The summed E-state index contributed by atoms with van der Waals surface area (Å²) in [6.45, 7) is 2.26. The number of benzene rings is 2. The van der Waals surface area contributed by atoms with Gasteiger partial charge in [0.2, 0.25) is 5.91 Å². The normalized spacial score (nSPS) is 11.4. The van der Waals surface area contributed by atoms with Gasteiger partial charge in [0.25, 0.3) is 0 Å². The Bertz CT molecular complexity index is 801. The zero-order chi connectivity index (χ0) is 22.2. The van der Waals surface area contributed by atoms with Gasteiger partial charge in [-0.05, 0) is 23.3 Å². The van der Waals surface area contributed by atoms with Gasteiger partial charge < -0.3 is 5.11 Å². The molecule has 0 radical (unpaired) electrons. The summed E-state index contributed by atoms with van der Waals surface area (Å²) in [6.07, 6.45) is 18.9. The van der Waals surface area contributed by atoms with E-state index in [1.807, 2.05) is 30.3 Å². The molecule has 2 N–H and O–H groups in total. The molecule has 0 bridgehead atoms. The fraction of sp³-hybridized carbons (Fsp3) is 0.556.